The van der Waals surface area contributed by atoms with E-state index in [1.54, 1.807) is 0 Å². The smallest absolute Gasteiger partial charge is 0.251 e. The molecule has 0 radical (unpaired) electrons. The Balaban J connectivity index is 2.75. The first-order valence-electron chi connectivity index (χ1n) is 5.34. The Morgan fingerprint density at radius 3 is 2.33 bits per heavy atom. The Kier molecular flexibility index (Phi) is 4.99. The first-order valence-corrected chi connectivity index (χ1v) is 5.34. The molecule has 0 fully saturated rings. The fourth-order valence-corrected chi connectivity index (χ4v) is 1.34. The van der Waals surface area contributed by atoms with Gasteiger partial charge in [-0.1, -0.05) is 0 Å². The van der Waals surface area contributed by atoms with Crippen molar-refractivity contribution in [1.82, 2.24) is 10.2 Å². The van der Waals surface area contributed by atoms with Crippen LogP contribution < -0.4 is 16.6 Å². The molecule has 0 aliphatic carbocycles. The molecule has 18 heavy (non-hydrogen) atoms. The van der Waals surface area contributed by atoms with Gasteiger partial charge in [0.25, 0.3) is 5.91 Å². The van der Waals surface area contributed by atoms with Crippen LogP contribution in [0.15, 0.2) is 12.1 Å². The van der Waals surface area contributed by atoms with Gasteiger partial charge >= 0.3 is 0 Å². The number of hydrogen-bond donors (Lipinski definition) is 3. The van der Waals surface area contributed by atoms with Gasteiger partial charge in [0.2, 0.25) is 0 Å². The summed E-state index contributed by atoms with van der Waals surface area (Å²) in [5.41, 5.74) is 1.36. The Hall–Kier alpha value is -1.73. The third-order valence-corrected chi connectivity index (χ3v) is 2.29. The van der Waals surface area contributed by atoms with Gasteiger partial charge in [0.1, 0.15) is 5.69 Å². The minimum Gasteiger partial charge on any atom is -0.351 e. The van der Waals surface area contributed by atoms with E-state index in [4.69, 9.17) is 5.84 Å². The van der Waals surface area contributed by atoms with E-state index < -0.39 is 23.2 Å². The predicted octanol–water partition coefficient (Wildman–Crippen LogP) is 0.542. The normalized spacial score (nSPS) is 10.6. The predicted molar refractivity (Wildman–Crippen MR) is 65.1 cm³/mol. The van der Waals surface area contributed by atoms with Crippen LogP contribution in [0.5, 0.6) is 0 Å². The fourth-order valence-electron chi connectivity index (χ4n) is 1.34. The summed E-state index contributed by atoms with van der Waals surface area (Å²) in [6.45, 7) is 1.03. The van der Waals surface area contributed by atoms with Crippen molar-refractivity contribution in [3.8, 4) is 0 Å². The number of likely N-dealkylation sites (N-methyl/N-ethyl adjacent to an activating group) is 1. The summed E-state index contributed by atoms with van der Waals surface area (Å²) >= 11 is 0. The SMILES string of the molecule is CN(C)CCNC(=O)c1cc(F)c(NN)c(F)c1. The van der Waals surface area contributed by atoms with Crippen LogP contribution in [0.1, 0.15) is 10.4 Å². The van der Waals surface area contributed by atoms with Crippen molar-refractivity contribution in [3.05, 3.63) is 29.3 Å². The van der Waals surface area contributed by atoms with E-state index >= 15 is 0 Å². The molecule has 1 amide bonds. The third-order valence-electron chi connectivity index (χ3n) is 2.29. The largest absolute Gasteiger partial charge is 0.351 e. The maximum Gasteiger partial charge on any atom is 0.251 e. The molecule has 0 bridgehead atoms. The maximum atomic E-state index is 13.4. The van der Waals surface area contributed by atoms with Gasteiger partial charge in [-0.05, 0) is 26.2 Å². The molecule has 1 aromatic carbocycles. The third kappa shape index (κ3) is 3.64. The topological polar surface area (TPSA) is 70.4 Å². The molecule has 0 heterocycles. The van der Waals surface area contributed by atoms with Crippen LogP contribution in [-0.2, 0) is 0 Å². The number of nitrogens with two attached hydrogens (primary N) is 1. The van der Waals surface area contributed by atoms with Crippen molar-refractivity contribution < 1.29 is 13.6 Å². The van der Waals surface area contributed by atoms with Crippen molar-refractivity contribution in [1.29, 1.82) is 0 Å². The number of anilines is 1. The molecule has 0 atom stereocenters. The number of nitrogens with zero attached hydrogens (tertiary/aromatic N) is 1. The second kappa shape index (κ2) is 6.27. The summed E-state index contributed by atoms with van der Waals surface area (Å²) < 4.78 is 26.7. The van der Waals surface area contributed by atoms with Gasteiger partial charge in [-0.25, -0.2) is 8.78 Å². The number of hydrazine groups is 1. The summed E-state index contributed by atoms with van der Waals surface area (Å²) in [5, 5.41) is 2.56. The highest BCUT2D eigenvalue weighted by Crippen LogP contribution is 2.19. The van der Waals surface area contributed by atoms with E-state index in [9.17, 15) is 13.6 Å². The molecule has 0 unspecified atom stereocenters. The average molecular weight is 258 g/mol. The molecule has 0 spiro atoms. The fraction of sp³-hybridized carbons (Fsp3) is 0.364. The number of halogens is 2. The quantitative estimate of drug-likeness (QED) is 0.532. The number of nitrogen functional groups attached to an aromatic ring is 1. The molecular formula is C11H16F2N4O. The van der Waals surface area contributed by atoms with Crippen molar-refractivity contribution >= 4 is 11.6 Å². The van der Waals surface area contributed by atoms with Crippen LogP contribution in [-0.4, -0.2) is 38.0 Å². The van der Waals surface area contributed by atoms with Crippen molar-refractivity contribution in [3.63, 3.8) is 0 Å². The molecule has 0 aliphatic rings. The zero-order valence-corrected chi connectivity index (χ0v) is 10.3. The van der Waals surface area contributed by atoms with Gasteiger partial charge in [-0.2, -0.15) is 0 Å². The monoisotopic (exact) mass is 258 g/mol. The van der Waals surface area contributed by atoms with E-state index in [1.807, 2.05) is 24.4 Å². The van der Waals surface area contributed by atoms with Crippen LogP contribution >= 0.6 is 0 Å². The Morgan fingerprint density at radius 2 is 1.89 bits per heavy atom. The van der Waals surface area contributed by atoms with E-state index in [0.717, 1.165) is 12.1 Å². The summed E-state index contributed by atoms with van der Waals surface area (Å²) in [4.78, 5) is 13.5. The highest BCUT2D eigenvalue weighted by Gasteiger charge is 2.14. The maximum absolute atomic E-state index is 13.4. The van der Waals surface area contributed by atoms with Crippen molar-refractivity contribution in [2.75, 3.05) is 32.6 Å². The zero-order valence-electron chi connectivity index (χ0n) is 10.3. The number of rotatable bonds is 5. The number of carbonyl (C=O) groups excluding carboxylic acids is 1. The number of hydrogen-bond acceptors (Lipinski definition) is 4. The minimum atomic E-state index is -0.907. The van der Waals surface area contributed by atoms with Crippen LogP contribution in [0.25, 0.3) is 0 Å². The summed E-state index contributed by atoms with van der Waals surface area (Å²) in [6.07, 6.45) is 0. The van der Waals surface area contributed by atoms with Gasteiger partial charge < -0.3 is 15.6 Å². The first-order chi connectivity index (χ1) is 8.45. The van der Waals surface area contributed by atoms with Crippen molar-refractivity contribution in [2.24, 2.45) is 5.84 Å². The molecule has 0 saturated carbocycles. The van der Waals surface area contributed by atoms with Crippen LogP contribution in [0.3, 0.4) is 0 Å². The summed E-state index contributed by atoms with van der Waals surface area (Å²) in [6, 6.07) is 1.87. The Bertz CT molecular complexity index is 414. The molecule has 7 heteroatoms. The molecule has 1 aromatic rings. The lowest BCUT2D eigenvalue weighted by Gasteiger charge is -2.11. The van der Waals surface area contributed by atoms with Gasteiger partial charge in [0, 0.05) is 18.7 Å². The summed E-state index contributed by atoms with van der Waals surface area (Å²) in [7, 11) is 3.71. The standard InChI is InChI=1S/C11H16F2N4O/c1-17(2)4-3-15-11(18)7-5-8(12)10(16-14)9(13)6-7/h5-6,16H,3-4,14H2,1-2H3,(H,15,18). The minimum absolute atomic E-state index is 0.0808. The van der Waals surface area contributed by atoms with E-state index in [2.05, 4.69) is 5.32 Å². The second-order valence-electron chi connectivity index (χ2n) is 4.02. The van der Waals surface area contributed by atoms with Crippen LogP contribution in [0.2, 0.25) is 0 Å². The van der Waals surface area contributed by atoms with Gasteiger partial charge in [0.15, 0.2) is 11.6 Å². The molecule has 0 aliphatic heterocycles. The lowest BCUT2D eigenvalue weighted by atomic mass is 10.1. The van der Waals surface area contributed by atoms with Gasteiger partial charge in [0.05, 0.1) is 0 Å². The molecule has 0 aromatic heterocycles. The Labute approximate surface area is 104 Å². The first kappa shape index (κ1) is 14.3. The number of benzene rings is 1. The van der Waals surface area contributed by atoms with Crippen LogP contribution in [0.4, 0.5) is 14.5 Å². The molecule has 0 saturated heterocycles. The lowest BCUT2D eigenvalue weighted by Crippen LogP contribution is -2.31. The number of amides is 1. The average Bonchev–Trinajstić information content (AvgIpc) is 2.27. The van der Waals surface area contributed by atoms with Gasteiger partial charge in [-0.15, -0.1) is 0 Å². The molecule has 5 nitrogen and oxygen atoms in total. The van der Waals surface area contributed by atoms with Crippen LogP contribution in [0, 0.1) is 11.6 Å². The van der Waals surface area contributed by atoms with Gasteiger partial charge in [-0.3, -0.25) is 10.6 Å². The highest BCUT2D eigenvalue weighted by molar-refractivity contribution is 5.94. The molecular weight excluding hydrogens is 242 g/mol. The number of nitrogens with one attached hydrogen (secondary N) is 2. The molecule has 1 rings (SSSR count). The van der Waals surface area contributed by atoms with E-state index in [-0.39, 0.29) is 5.56 Å². The zero-order chi connectivity index (χ0) is 13.7. The second-order valence-corrected chi connectivity index (χ2v) is 4.02. The highest BCUT2D eigenvalue weighted by atomic mass is 19.1. The van der Waals surface area contributed by atoms with E-state index in [1.165, 1.54) is 0 Å². The lowest BCUT2D eigenvalue weighted by molar-refractivity contribution is 0.0950. The van der Waals surface area contributed by atoms with Crippen molar-refractivity contribution in [2.45, 2.75) is 0 Å². The summed E-state index contributed by atoms with van der Waals surface area (Å²) in [5.74, 6) is 2.61. The number of carbonyl (C=O) groups is 1. The molecule has 100 valence electrons. The Morgan fingerprint density at radius 1 is 1.33 bits per heavy atom. The van der Waals surface area contributed by atoms with E-state index in [0.29, 0.717) is 13.1 Å². The molecule has 4 N–H and O–H groups in total.